The van der Waals surface area contributed by atoms with Gasteiger partial charge < -0.3 is 15.7 Å². The topological polar surface area (TPSA) is 94.6 Å². The Balaban J connectivity index is 1.67. The second-order valence-corrected chi connectivity index (χ2v) is 6.01. The summed E-state index contributed by atoms with van der Waals surface area (Å²) in [5.41, 5.74) is 0.731. The fourth-order valence-corrected chi connectivity index (χ4v) is 2.71. The van der Waals surface area contributed by atoms with Crippen LogP contribution in [0.25, 0.3) is 0 Å². The lowest BCUT2D eigenvalue weighted by Crippen LogP contribution is -2.56. The molecule has 1 saturated carbocycles. The number of pyridine rings is 1. The zero-order valence-corrected chi connectivity index (χ0v) is 13.7. The van der Waals surface area contributed by atoms with Crippen molar-refractivity contribution < 1.29 is 14.7 Å². The second-order valence-electron chi connectivity index (χ2n) is 5.57. The van der Waals surface area contributed by atoms with Crippen molar-refractivity contribution >= 4 is 23.6 Å². The number of halogens is 1. The summed E-state index contributed by atoms with van der Waals surface area (Å²) in [5.74, 6) is -0.823. The van der Waals surface area contributed by atoms with Crippen molar-refractivity contribution in [3.8, 4) is 0 Å². The Morgan fingerprint density at radius 1 is 1.43 bits per heavy atom. The number of hydrogen-bond donors (Lipinski definition) is 3. The number of aliphatic carboxylic acids is 1. The van der Waals surface area contributed by atoms with Gasteiger partial charge in [-0.3, -0.25) is 14.7 Å². The van der Waals surface area contributed by atoms with Crippen LogP contribution in [0.1, 0.15) is 25.5 Å². The summed E-state index contributed by atoms with van der Waals surface area (Å²) in [4.78, 5) is 28.6. The van der Waals surface area contributed by atoms with Crippen LogP contribution in [0, 0.1) is 0 Å². The highest BCUT2D eigenvalue weighted by molar-refractivity contribution is 6.30. The number of likely N-dealkylation sites (N-methyl/N-ethyl adjacent to an activating group) is 1. The fourth-order valence-electron chi connectivity index (χ4n) is 2.59. The molecule has 1 heterocycles. The van der Waals surface area contributed by atoms with Gasteiger partial charge in [-0.15, -0.1) is 0 Å². The third-order valence-electron chi connectivity index (χ3n) is 3.93. The highest BCUT2D eigenvalue weighted by atomic mass is 35.5. The number of aromatic nitrogens is 1. The van der Waals surface area contributed by atoms with Crippen molar-refractivity contribution in [1.29, 1.82) is 0 Å². The van der Waals surface area contributed by atoms with E-state index in [2.05, 4.69) is 15.6 Å². The third kappa shape index (κ3) is 5.37. The Labute approximate surface area is 140 Å². The van der Waals surface area contributed by atoms with E-state index in [9.17, 15) is 9.59 Å². The largest absolute Gasteiger partial charge is 0.480 e. The molecule has 126 valence electrons. The minimum atomic E-state index is -0.823. The number of amides is 2. The maximum absolute atomic E-state index is 11.8. The van der Waals surface area contributed by atoms with Gasteiger partial charge in [-0.05, 0) is 31.5 Å². The Hall–Kier alpha value is -1.86. The summed E-state index contributed by atoms with van der Waals surface area (Å²) in [6.07, 6.45) is 3.08. The van der Waals surface area contributed by atoms with Crippen LogP contribution in [-0.2, 0) is 11.3 Å². The van der Waals surface area contributed by atoms with Crippen molar-refractivity contribution in [2.75, 3.05) is 13.1 Å². The molecule has 23 heavy (non-hydrogen) atoms. The monoisotopic (exact) mass is 340 g/mol. The minimum absolute atomic E-state index is 0.0440. The lowest BCUT2D eigenvalue weighted by molar-refractivity contribution is -0.139. The Morgan fingerprint density at radius 3 is 2.74 bits per heavy atom. The maximum Gasteiger partial charge on any atom is 0.317 e. The summed E-state index contributed by atoms with van der Waals surface area (Å²) in [7, 11) is 0. The normalized spacial score (nSPS) is 20.0. The molecule has 7 nitrogen and oxygen atoms in total. The highest BCUT2D eigenvalue weighted by Crippen LogP contribution is 2.25. The number of carboxylic acids is 1. The molecule has 1 aromatic rings. The van der Waals surface area contributed by atoms with Crippen LogP contribution in [0.15, 0.2) is 18.3 Å². The number of carboxylic acid groups (broad SMARTS) is 1. The average Bonchev–Trinajstić information content (AvgIpc) is 2.47. The summed E-state index contributed by atoms with van der Waals surface area (Å²) in [6, 6.07) is 3.54. The molecule has 3 N–H and O–H groups in total. The quantitative estimate of drug-likeness (QED) is 0.698. The summed E-state index contributed by atoms with van der Waals surface area (Å²) in [6.45, 7) is 3.01. The van der Waals surface area contributed by atoms with Crippen molar-refractivity contribution in [3.63, 3.8) is 0 Å². The predicted octanol–water partition coefficient (Wildman–Crippen LogP) is 1.47. The molecule has 0 bridgehead atoms. The van der Waals surface area contributed by atoms with Gasteiger partial charge in [0.1, 0.15) is 0 Å². The van der Waals surface area contributed by atoms with Gasteiger partial charge in [-0.1, -0.05) is 18.5 Å². The van der Waals surface area contributed by atoms with Gasteiger partial charge in [0.25, 0.3) is 0 Å². The Morgan fingerprint density at radius 2 is 2.17 bits per heavy atom. The zero-order valence-electron chi connectivity index (χ0n) is 13.0. The van der Waals surface area contributed by atoms with E-state index in [0.29, 0.717) is 18.1 Å². The van der Waals surface area contributed by atoms with Crippen molar-refractivity contribution in [1.82, 2.24) is 20.5 Å². The molecule has 0 saturated heterocycles. The molecule has 1 aliphatic rings. The van der Waals surface area contributed by atoms with E-state index in [1.165, 1.54) is 6.20 Å². The number of carbonyl (C=O) groups is 2. The zero-order chi connectivity index (χ0) is 16.8. The molecule has 0 radical (unpaired) electrons. The first-order chi connectivity index (χ1) is 11.0. The van der Waals surface area contributed by atoms with Gasteiger partial charge in [0.05, 0.1) is 23.8 Å². The number of urea groups is 1. The molecule has 2 amide bonds. The van der Waals surface area contributed by atoms with Gasteiger partial charge in [0.15, 0.2) is 0 Å². The Kier molecular flexibility index (Phi) is 6.18. The van der Waals surface area contributed by atoms with Crippen LogP contribution in [0.5, 0.6) is 0 Å². The van der Waals surface area contributed by atoms with E-state index >= 15 is 0 Å². The first kappa shape index (κ1) is 17.5. The van der Waals surface area contributed by atoms with Crippen molar-refractivity contribution in [2.45, 2.75) is 38.4 Å². The lowest BCUT2D eigenvalue weighted by atomic mass is 9.85. The highest BCUT2D eigenvalue weighted by Gasteiger charge is 2.34. The molecule has 0 unspecified atom stereocenters. The molecule has 0 aliphatic heterocycles. The number of carbonyl (C=O) groups excluding carboxylic acids is 1. The molecular formula is C15H21ClN4O3. The molecule has 0 atom stereocenters. The molecule has 0 aromatic carbocycles. The Bertz CT molecular complexity index is 546. The second kappa shape index (κ2) is 8.12. The third-order valence-corrected chi connectivity index (χ3v) is 4.15. The number of nitrogens with one attached hydrogen (secondary N) is 2. The van der Waals surface area contributed by atoms with E-state index in [4.69, 9.17) is 16.7 Å². The van der Waals surface area contributed by atoms with Crippen LogP contribution < -0.4 is 10.6 Å². The lowest BCUT2D eigenvalue weighted by Gasteiger charge is -2.42. The number of hydrogen-bond acceptors (Lipinski definition) is 4. The predicted molar refractivity (Wildman–Crippen MR) is 86.3 cm³/mol. The van der Waals surface area contributed by atoms with Gasteiger partial charge in [-0.2, -0.15) is 0 Å². The van der Waals surface area contributed by atoms with Gasteiger partial charge in [0.2, 0.25) is 0 Å². The number of rotatable bonds is 7. The van der Waals surface area contributed by atoms with E-state index < -0.39 is 5.97 Å². The molecular weight excluding hydrogens is 320 g/mol. The minimum Gasteiger partial charge on any atom is -0.480 e. The van der Waals surface area contributed by atoms with E-state index in [-0.39, 0.29) is 24.7 Å². The maximum atomic E-state index is 11.8. The molecule has 8 heteroatoms. The summed E-state index contributed by atoms with van der Waals surface area (Å²) >= 11 is 5.75. The first-order valence-corrected chi connectivity index (χ1v) is 7.96. The van der Waals surface area contributed by atoms with Crippen molar-refractivity contribution in [3.05, 3.63) is 29.0 Å². The molecule has 1 aromatic heterocycles. The van der Waals surface area contributed by atoms with E-state index in [1.807, 2.05) is 11.8 Å². The smallest absolute Gasteiger partial charge is 0.317 e. The average molecular weight is 341 g/mol. The van der Waals surface area contributed by atoms with Crippen LogP contribution in [0.4, 0.5) is 4.79 Å². The molecule has 1 fully saturated rings. The van der Waals surface area contributed by atoms with Crippen molar-refractivity contribution in [2.24, 2.45) is 0 Å². The first-order valence-electron chi connectivity index (χ1n) is 7.58. The summed E-state index contributed by atoms with van der Waals surface area (Å²) < 4.78 is 0. The summed E-state index contributed by atoms with van der Waals surface area (Å²) in [5, 5.41) is 15.0. The molecule has 0 spiro atoms. The van der Waals surface area contributed by atoms with E-state index in [1.54, 1.807) is 12.1 Å². The van der Waals surface area contributed by atoms with Crippen LogP contribution >= 0.6 is 11.6 Å². The van der Waals surface area contributed by atoms with Gasteiger partial charge in [0, 0.05) is 18.3 Å². The van der Waals surface area contributed by atoms with Gasteiger partial charge in [-0.25, -0.2) is 4.79 Å². The van der Waals surface area contributed by atoms with Crippen LogP contribution in [0.2, 0.25) is 5.02 Å². The number of nitrogens with zero attached hydrogens (tertiary/aromatic N) is 2. The van der Waals surface area contributed by atoms with Crippen LogP contribution in [0.3, 0.4) is 0 Å². The molecule has 1 aliphatic carbocycles. The fraction of sp³-hybridized carbons (Fsp3) is 0.533. The SMILES string of the molecule is CCN(CC(=O)O)C1CC(NC(=O)NCc2ccc(Cl)cn2)C1. The van der Waals surface area contributed by atoms with Crippen LogP contribution in [-0.4, -0.2) is 52.2 Å². The standard InChI is InChI=1S/C15H21ClN4O3/c1-2-20(9-14(21)22)13-5-12(6-13)19-15(23)18-8-11-4-3-10(16)7-17-11/h3-4,7,12-13H,2,5-6,8-9H2,1H3,(H,21,22)(H2,18,19,23). The van der Waals surface area contributed by atoms with Gasteiger partial charge >= 0.3 is 12.0 Å². The molecule has 2 rings (SSSR count). The van der Waals surface area contributed by atoms with E-state index in [0.717, 1.165) is 18.5 Å².